The van der Waals surface area contributed by atoms with Crippen molar-refractivity contribution >= 4 is 23.3 Å². The van der Waals surface area contributed by atoms with Crippen molar-refractivity contribution in [3.8, 4) is 5.75 Å². The van der Waals surface area contributed by atoms with Crippen molar-refractivity contribution < 1.29 is 34.3 Å². The van der Waals surface area contributed by atoms with Crippen LogP contribution in [0.4, 0.5) is 5.69 Å². The van der Waals surface area contributed by atoms with Gasteiger partial charge in [0, 0.05) is 24.3 Å². The molecule has 4 rings (SSSR count). The molecular formula is C30H34ClNO7. The van der Waals surface area contributed by atoms with Crippen molar-refractivity contribution in [2.24, 2.45) is 0 Å². The molecule has 0 radical (unpaired) electrons. The lowest BCUT2D eigenvalue weighted by Crippen LogP contribution is -2.57. The van der Waals surface area contributed by atoms with Crippen LogP contribution in [-0.2, 0) is 15.9 Å². The lowest BCUT2D eigenvalue weighted by atomic mass is 9.89. The van der Waals surface area contributed by atoms with Gasteiger partial charge >= 0.3 is 5.97 Å². The van der Waals surface area contributed by atoms with E-state index in [-0.39, 0.29) is 6.54 Å². The van der Waals surface area contributed by atoms with Gasteiger partial charge < -0.3 is 34.4 Å². The molecule has 0 aromatic heterocycles. The van der Waals surface area contributed by atoms with Crippen LogP contribution in [0.5, 0.6) is 5.75 Å². The van der Waals surface area contributed by atoms with Crippen LogP contribution in [0.25, 0.3) is 0 Å². The Hall–Kier alpha value is -3.14. The van der Waals surface area contributed by atoms with Gasteiger partial charge in [-0.15, -0.1) is 0 Å². The standard InChI is InChI=1S/C30H34ClNO7/c1-4-38-23-11-8-18(9-12-23)14-21-15-19(10-13-24(21)31)29-28(35)27(34)26(33)25(39-29)17-32(2)22-7-5-6-20(16-22)30(36)37-3/h5-13,15-16,25-29,33-35H,4,14,17H2,1-3H3/t25-,26+,27-,28-,29+/m1/s1. The molecule has 1 aliphatic rings. The number of aliphatic hydroxyl groups is 3. The molecule has 0 spiro atoms. The van der Waals surface area contributed by atoms with Crippen LogP contribution in [0, 0.1) is 0 Å². The molecule has 9 heteroatoms. The minimum Gasteiger partial charge on any atom is -0.494 e. The van der Waals surface area contributed by atoms with E-state index in [1.165, 1.54) is 7.11 Å². The summed E-state index contributed by atoms with van der Waals surface area (Å²) in [5.41, 5.74) is 3.60. The predicted octanol–water partition coefficient (Wildman–Crippen LogP) is 3.78. The quantitative estimate of drug-likeness (QED) is 0.342. The first-order valence-electron chi connectivity index (χ1n) is 12.8. The van der Waals surface area contributed by atoms with Gasteiger partial charge in [-0.25, -0.2) is 4.79 Å². The van der Waals surface area contributed by atoms with Gasteiger partial charge in [0.1, 0.15) is 36.3 Å². The number of esters is 1. The number of methoxy groups -OCH3 is 1. The molecular weight excluding hydrogens is 522 g/mol. The molecule has 0 aliphatic carbocycles. The van der Waals surface area contributed by atoms with E-state index in [1.807, 2.05) is 43.3 Å². The second-order valence-electron chi connectivity index (χ2n) is 9.59. The smallest absolute Gasteiger partial charge is 0.337 e. The van der Waals surface area contributed by atoms with E-state index < -0.39 is 36.5 Å². The van der Waals surface area contributed by atoms with Crippen LogP contribution in [0.15, 0.2) is 66.7 Å². The van der Waals surface area contributed by atoms with E-state index in [0.717, 1.165) is 16.9 Å². The number of aliphatic hydroxyl groups excluding tert-OH is 3. The Balaban J connectivity index is 1.53. The fraction of sp³-hybridized carbons (Fsp3) is 0.367. The first-order chi connectivity index (χ1) is 18.7. The van der Waals surface area contributed by atoms with Gasteiger partial charge in [-0.05, 0) is 66.4 Å². The molecule has 1 saturated heterocycles. The molecule has 1 aliphatic heterocycles. The highest BCUT2D eigenvalue weighted by Gasteiger charge is 2.44. The maximum atomic E-state index is 11.9. The van der Waals surface area contributed by atoms with Gasteiger partial charge in [-0.2, -0.15) is 0 Å². The molecule has 0 saturated carbocycles. The molecule has 3 aromatic rings. The molecule has 0 unspecified atom stereocenters. The summed E-state index contributed by atoms with van der Waals surface area (Å²) in [7, 11) is 3.11. The lowest BCUT2D eigenvalue weighted by molar-refractivity contribution is -0.221. The fourth-order valence-corrected chi connectivity index (χ4v) is 4.92. The van der Waals surface area contributed by atoms with E-state index in [1.54, 1.807) is 42.3 Å². The predicted molar refractivity (Wildman–Crippen MR) is 149 cm³/mol. The second kappa shape index (κ2) is 12.8. The largest absolute Gasteiger partial charge is 0.494 e. The third-order valence-corrected chi connectivity index (χ3v) is 7.27. The highest BCUT2D eigenvalue weighted by molar-refractivity contribution is 6.31. The molecule has 8 nitrogen and oxygen atoms in total. The molecule has 1 heterocycles. The molecule has 3 aromatic carbocycles. The fourth-order valence-electron chi connectivity index (χ4n) is 4.74. The van der Waals surface area contributed by atoms with E-state index in [4.69, 9.17) is 25.8 Å². The summed E-state index contributed by atoms with van der Waals surface area (Å²) in [5, 5.41) is 32.9. The average Bonchev–Trinajstić information content (AvgIpc) is 2.95. The van der Waals surface area contributed by atoms with Gasteiger partial charge in [0.05, 0.1) is 19.3 Å². The normalized spacial score (nSPS) is 22.8. The van der Waals surface area contributed by atoms with E-state index >= 15 is 0 Å². The number of anilines is 1. The Bertz CT molecular complexity index is 1270. The number of likely N-dealkylation sites (N-methyl/N-ethyl adjacent to an activating group) is 1. The lowest BCUT2D eigenvalue weighted by Gasteiger charge is -2.42. The van der Waals surface area contributed by atoms with Crippen molar-refractivity contribution in [3.05, 3.63) is 94.0 Å². The summed E-state index contributed by atoms with van der Waals surface area (Å²) >= 11 is 6.51. The van der Waals surface area contributed by atoms with Crippen molar-refractivity contribution in [3.63, 3.8) is 0 Å². The number of carbonyl (C=O) groups excluding carboxylic acids is 1. The zero-order valence-corrected chi connectivity index (χ0v) is 22.9. The van der Waals surface area contributed by atoms with Gasteiger partial charge in [-0.3, -0.25) is 0 Å². The monoisotopic (exact) mass is 555 g/mol. The Morgan fingerprint density at radius 2 is 1.74 bits per heavy atom. The zero-order chi connectivity index (χ0) is 28.1. The van der Waals surface area contributed by atoms with Crippen molar-refractivity contribution in [1.82, 2.24) is 0 Å². The van der Waals surface area contributed by atoms with Crippen LogP contribution in [-0.4, -0.2) is 73.0 Å². The molecule has 39 heavy (non-hydrogen) atoms. The number of halogens is 1. The Kier molecular flexibility index (Phi) is 9.48. The minimum atomic E-state index is -1.42. The summed E-state index contributed by atoms with van der Waals surface area (Å²) in [4.78, 5) is 13.7. The van der Waals surface area contributed by atoms with E-state index in [0.29, 0.717) is 34.9 Å². The molecule has 0 amide bonds. The molecule has 0 bridgehead atoms. The number of ether oxygens (including phenoxy) is 3. The SMILES string of the molecule is CCOc1ccc(Cc2cc([C@@H]3O[C@H](CN(C)c4cccc(C(=O)OC)c4)[C@H](O)[C@@H](O)[C@H]3O)ccc2Cl)cc1. The van der Waals surface area contributed by atoms with Gasteiger partial charge in [0.25, 0.3) is 0 Å². The number of hydrogen-bond acceptors (Lipinski definition) is 8. The van der Waals surface area contributed by atoms with Gasteiger partial charge in [0.15, 0.2) is 0 Å². The molecule has 3 N–H and O–H groups in total. The Morgan fingerprint density at radius 1 is 1.00 bits per heavy atom. The first-order valence-corrected chi connectivity index (χ1v) is 13.2. The summed E-state index contributed by atoms with van der Waals surface area (Å²) in [5.74, 6) is 0.335. The minimum absolute atomic E-state index is 0.193. The molecule has 5 atom stereocenters. The highest BCUT2D eigenvalue weighted by Crippen LogP contribution is 2.35. The number of hydrogen-bond donors (Lipinski definition) is 3. The number of rotatable bonds is 9. The maximum Gasteiger partial charge on any atom is 0.337 e. The van der Waals surface area contributed by atoms with Crippen LogP contribution < -0.4 is 9.64 Å². The number of carbonyl (C=O) groups is 1. The van der Waals surface area contributed by atoms with Crippen LogP contribution in [0.1, 0.15) is 40.1 Å². The highest BCUT2D eigenvalue weighted by atomic mass is 35.5. The van der Waals surface area contributed by atoms with E-state index in [2.05, 4.69) is 0 Å². The van der Waals surface area contributed by atoms with Crippen LogP contribution in [0.3, 0.4) is 0 Å². The average molecular weight is 556 g/mol. The summed E-state index contributed by atoms with van der Waals surface area (Å²) < 4.78 is 16.5. The maximum absolute atomic E-state index is 11.9. The summed E-state index contributed by atoms with van der Waals surface area (Å²) in [6.07, 6.45) is -5.25. The molecule has 1 fully saturated rings. The molecule has 208 valence electrons. The van der Waals surface area contributed by atoms with Crippen molar-refractivity contribution in [2.45, 2.75) is 43.9 Å². The van der Waals surface area contributed by atoms with Gasteiger partial charge in [0.2, 0.25) is 0 Å². The summed E-state index contributed by atoms with van der Waals surface area (Å²) in [6.45, 7) is 2.72. The van der Waals surface area contributed by atoms with Crippen LogP contribution >= 0.6 is 11.6 Å². The van der Waals surface area contributed by atoms with E-state index in [9.17, 15) is 20.1 Å². The summed E-state index contributed by atoms with van der Waals surface area (Å²) in [6, 6.07) is 20.0. The topological polar surface area (TPSA) is 109 Å². The van der Waals surface area contributed by atoms with Gasteiger partial charge in [-0.1, -0.05) is 41.9 Å². The first kappa shape index (κ1) is 28.9. The Morgan fingerprint density at radius 3 is 2.44 bits per heavy atom. The Labute approximate surface area is 233 Å². The van der Waals surface area contributed by atoms with Crippen LogP contribution in [0.2, 0.25) is 5.02 Å². The number of nitrogens with zero attached hydrogens (tertiary/aromatic N) is 1. The van der Waals surface area contributed by atoms with Crippen molar-refractivity contribution in [1.29, 1.82) is 0 Å². The van der Waals surface area contributed by atoms with Crippen molar-refractivity contribution in [2.75, 3.05) is 32.2 Å². The number of benzene rings is 3. The zero-order valence-electron chi connectivity index (χ0n) is 22.2. The third kappa shape index (κ3) is 6.72. The third-order valence-electron chi connectivity index (χ3n) is 6.90. The second-order valence-corrected chi connectivity index (χ2v) is 10.0.